The molecule has 1 N–H and O–H groups in total. The standard InChI is InChI=1S/C17H16Cl3NO4/c1-2-23-17(22)21-7-8-24-16-10-12(4-6-14(16)19)25-11-3-5-13(18)15(20)9-11/h3-6,9-10H,2,7-8H2,1H3,(H,21,22). The Morgan fingerprint density at radius 2 is 1.68 bits per heavy atom. The number of carbonyl (C=O) groups is 1. The van der Waals surface area contributed by atoms with E-state index < -0.39 is 6.09 Å². The molecule has 0 aliphatic rings. The SMILES string of the molecule is CCOC(=O)NCCOc1cc(Oc2ccc(Cl)c(Cl)c2)ccc1Cl. The van der Waals surface area contributed by atoms with E-state index in [1.807, 2.05) is 0 Å². The largest absolute Gasteiger partial charge is 0.490 e. The number of benzene rings is 2. The predicted molar refractivity (Wildman–Crippen MR) is 98.5 cm³/mol. The number of halogens is 3. The molecule has 25 heavy (non-hydrogen) atoms. The van der Waals surface area contributed by atoms with Crippen molar-refractivity contribution in [2.24, 2.45) is 0 Å². The maximum Gasteiger partial charge on any atom is 0.407 e. The molecule has 0 saturated carbocycles. The Labute approximate surface area is 160 Å². The van der Waals surface area contributed by atoms with Gasteiger partial charge in [0.25, 0.3) is 0 Å². The van der Waals surface area contributed by atoms with Gasteiger partial charge in [-0.25, -0.2) is 4.79 Å². The van der Waals surface area contributed by atoms with Crippen LogP contribution < -0.4 is 14.8 Å². The quantitative estimate of drug-likeness (QED) is 0.613. The summed E-state index contributed by atoms with van der Waals surface area (Å²) in [6.07, 6.45) is -0.492. The third-order valence-corrected chi connectivity index (χ3v) is 3.99. The molecular weight excluding hydrogens is 389 g/mol. The molecule has 0 heterocycles. The van der Waals surface area contributed by atoms with Crippen molar-refractivity contribution in [3.05, 3.63) is 51.5 Å². The highest BCUT2D eigenvalue weighted by molar-refractivity contribution is 6.42. The third kappa shape index (κ3) is 6.20. The lowest BCUT2D eigenvalue weighted by molar-refractivity contribution is 0.150. The van der Waals surface area contributed by atoms with Gasteiger partial charge in [0.15, 0.2) is 0 Å². The van der Waals surface area contributed by atoms with Crippen LogP contribution in [0, 0.1) is 0 Å². The van der Waals surface area contributed by atoms with Crippen LogP contribution in [0.3, 0.4) is 0 Å². The molecule has 0 aliphatic carbocycles. The van der Waals surface area contributed by atoms with Crippen molar-refractivity contribution in [1.82, 2.24) is 5.32 Å². The predicted octanol–water partition coefficient (Wildman–Crippen LogP) is 5.56. The van der Waals surface area contributed by atoms with Crippen LogP contribution in [0.2, 0.25) is 15.1 Å². The summed E-state index contributed by atoms with van der Waals surface area (Å²) in [6, 6.07) is 9.97. The lowest BCUT2D eigenvalue weighted by Crippen LogP contribution is -2.28. The molecule has 0 saturated heterocycles. The van der Waals surface area contributed by atoms with Gasteiger partial charge in [-0.1, -0.05) is 34.8 Å². The van der Waals surface area contributed by atoms with Crippen molar-refractivity contribution in [2.45, 2.75) is 6.92 Å². The van der Waals surface area contributed by atoms with Crippen LogP contribution in [0.15, 0.2) is 36.4 Å². The summed E-state index contributed by atoms with van der Waals surface area (Å²) in [5, 5.41) is 3.83. The number of amides is 1. The summed E-state index contributed by atoms with van der Waals surface area (Å²) in [5.74, 6) is 1.49. The molecule has 1 amide bonds. The van der Waals surface area contributed by atoms with Crippen LogP contribution in [-0.4, -0.2) is 25.9 Å². The van der Waals surface area contributed by atoms with Crippen molar-refractivity contribution in [3.63, 3.8) is 0 Å². The van der Waals surface area contributed by atoms with Gasteiger partial charge in [0.2, 0.25) is 0 Å². The minimum atomic E-state index is -0.492. The molecule has 0 fully saturated rings. The minimum Gasteiger partial charge on any atom is -0.490 e. The second-order valence-corrected chi connectivity index (χ2v) is 5.99. The van der Waals surface area contributed by atoms with E-state index >= 15 is 0 Å². The first-order chi connectivity index (χ1) is 12.0. The molecule has 0 aromatic heterocycles. The molecule has 0 bridgehead atoms. The number of hydrogen-bond donors (Lipinski definition) is 1. The molecule has 0 radical (unpaired) electrons. The van der Waals surface area contributed by atoms with Gasteiger partial charge in [0.05, 0.1) is 28.2 Å². The smallest absolute Gasteiger partial charge is 0.407 e. The summed E-state index contributed by atoms with van der Waals surface area (Å²) in [5.41, 5.74) is 0. The number of alkyl carbamates (subject to hydrolysis) is 1. The average Bonchev–Trinajstić information content (AvgIpc) is 2.58. The van der Waals surface area contributed by atoms with E-state index in [1.165, 1.54) is 0 Å². The van der Waals surface area contributed by atoms with Crippen LogP contribution in [0.25, 0.3) is 0 Å². The van der Waals surface area contributed by atoms with Crippen LogP contribution in [-0.2, 0) is 4.74 Å². The first-order valence-electron chi connectivity index (χ1n) is 7.45. The Morgan fingerprint density at radius 3 is 2.36 bits per heavy atom. The third-order valence-electron chi connectivity index (χ3n) is 2.93. The van der Waals surface area contributed by atoms with Gasteiger partial charge in [-0.15, -0.1) is 0 Å². The molecule has 0 spiro atoms. The van der Waals surface area contributed by atoms with Gasteiger partial charge < -0.3 is 19.5 Å². The maximum absolute atomic E-state index is 11.2. The highest BCUT2D eigenvalue weighted by Crippen LogP contribution is 2.33. The van der Waals surface area contributed by atoms with Gasteiger partial charge >= 0.3 is 6.09 Å². The zero-order valence-corrected chi connectivity index (χ0v) is 15.6. The molecule has 0 unspecified atom stereocenters. The molecule has 0 aliphatic heterocycles. The van der Waals surface area contributed by atoms with E-state index in [4.69, 9.17) is 49.0 Å². The molecule has 0 atom stereocenters. The van der Waals surface area contributed by atoms with Gasteiger partial charge in [-0.2, -0.15) is 0 Å². The van der Waals surface area contributed by atoms with Crippen molar-refractivity contribution >= 4 is 40.9 Å². The van der Waals surface area contributed by atoms with E-state index in [1.54, 1.807) is 43.3 Å². The second-order valence-electron chi connectivity index (χ2n) is 4.77. The Kier molecular flexibility index (Phi) is 7.50. The Morgan fingerprint density at radius 1 is 1.00 bits per heavy atom. The summed E-state index contributed by atoms with van der Waals surface area (Å²) in [4.78, 5) is 11.2. The Hall–Kier alpha value is -1.82. The van der Waals surface area contributed by atoms with Gasteiger partial charge in [-0.3, -0.25) is 0 Å². The van der Waals surface area contributed by atoms with Crippen molar-refractivity contribution in [2.75, 3.05) is 19.8 Å². The first-order valence-corrected chi connectivity index (χ1v) is 8.59. The number of carbonyl (C=O) groups excluding carboxylic acids is 1. The topological polar surface area (TPSA) is 56.8 Å². The number of nitrogens with one attached hydrogen (secondary N) is 1. The molecule has 5 nitrogen and oxygen atoms in total. The van der Waals surface area contributed by atoms with Crippen molar-refractivity contribution in [1.29, 1.82) is 0 Å². The highest BCUT2D eigenvalue weighted by Gasteiger charge is 2.07. The van der Waals surface area contributed by atoms with Crippen LogP contribution in [0.5, 0.6) is 17.2 Å². The molecule has 2 rings (SSSR count). The summed E-state index contributed by atoms with van der Waals surface area (Å²) in [6.45, 7) is 2.56. The van der Waals surface area contributed by atoms with Crippen LogP contribution in [0.1, 0.15) is 6.92 Å². The van der Waals surface area contributed by atoms with Crippen LogP contribution >= 0.6 is 34.8 Å². The van der Waals surface area contributed by atoms with Crippen LogP contribution in [0.4, 0.5) is 4.79 Å². The fourth-order valence-corrected chi connectivity index (χ4v) is 2.29. The molecule has 2 aromatic rings. The minimum absolute atomic E-state index is 0.231. The first kappa shape index (κ1) is 19.5. The fraction of sp³-hybridized carbons (Fsp3) is 0.235. The second kappa shape index (κ2) is 9.61. The van der Waals surface area contributed by atoms with E-state index in [2.05, 4.69) is 5.32 Å². The lowest BCUT2D eigenvalue weighted by atomic mass is 10.3. The normalized spacial score (nSPS) is 10.2. The number of hydrogen-bond acceptors (Lipinski definition) is 4. The molecule has 2 aromatic carbocycles. The summed E-state index contributed by atoms with van der Waals surface area (Å²) >= 11 is 18.0. The summed E-state index contributed by atoms with van der Waals surface area (Å²) < 4.78 is 16.0. The summed E-state index contributed by atoms with van der Waals surface area (Å²) in [7, 11) is 0. The van der Waals surface area contributed by atoms with Gasteiger partial charge in [0, 0.05) is 12.1 Å². The monoisotopic (exact) mass is 403 g/mol. The Bertz CT molecular complexity index is 740. The Balaban J connectivity index is 1.95. The van der Waals surface area contributed by atoms with E-state index in [-0.39, 0.29) is 13.2 Å². The fourth-order valence-electron chi connectivity index (χ4n) is 1.83. The zero-order chi connectivity index (χ0) is 18.2. The van der Waals surface area contributed by atoms with Crippen molar-refractivity contribution < 1.29 is 19.0 Å². The molecule has 8 heteroatoms. The van der Waals surface area contributed by atoms with E-state index in [0.29, 0.717) is 38.9 Å². The average molecular weight is 405 g/mol. The highest BCUT2D eigenvalue weighted by atomic mass is 35.5. The van der Waals surface area contributed by atoms with Gasteiger partial charge in [0.1, 0.15) is 23.9 Å². The lowest BCUT2D eigenvalue weighted by Gasteiger charge is -2.12. The van der Waals surface area contributed by atoms with Crippen molar-refractivity contribution in [3.8, 4) is 17.2 Å². The zero-order valence-electron chi connectivity index (χ0n) is 13.4. The molecular formula is C17H16Cl3NO4. The number of ether oxygens (including phenoxy) is 3. The van der Waals surface area contributed by atoms with Gasteiger partial charge in [-0.05, 0) is 31.2 Å². The maximum atomic E-state index is 11.2. The molecule has 134 valence electrons. The number of rotatable bonds is 7. The van der Waals surface area contributed by atoms with E-state index in [9.17, 15) is 4.79 Å². The van der Waals surface area contributed by atoms with E-state index in [0.717, 1.165) is 0 Å².